The van der Waals surface area contributed by atoms with Gasteiger partial charge in [-0.3, -0.25) is 4.31 Å². The van der Waals surface area contributed by atoms with Gasteiger partial charge in [0.25, 0.3) is 10.0 Å². The van der Waals surface area contributed by atoms with Gasteiger partial charge in [-0.1, -0.05) is 51.2 Å². The van der Waals surface area contributed by atoms with E-state index < -0.39 is 22.6 Å². The van der Waals surface area contributed by atoms with Crippen LogP contribution in [0.25, 0.3) is 0 Å². The average Bonchev–Trinajstić information content (AvgIpc) is 2.82. The van der Waals surface area contributed by atoms with Crippen LogP contribution in [0.1, 0.15) is 61.4 Å². The molecule has 0 bridgehead atoms. The Hall–Kier alpha value is -2.58. The Bertz CT molecular complexity index is 972. The van der Waals surface area contributed by atoms with Gasteiger partial charge in [-0.15, -0.1) is 0 Å². The van der Waals surface area contributed by atoms with Gasteiger partial charge in [0.05, 0.1) is 37.0 Å². The first-order valence-corrected chi connectivity index (χ1v) is 12.3. The predicted molar refractivity (Wildman–Crippen MR) is 125 cm³/mol. The monoisotopic (exact) mass is 463 g/mol. The van der Waals surface area contributed by atoms with E-state index >= 15 is 0 Å². The van der Waals surface area contributed by atoms with Crippen molar-refractivity contribution in [2.45, 2.75) is 57.0 Å². The summed E-state index contributed by atoms with van der Waals surface area (Å²) in [6.45, 7) is 1.91. The Kier molecular flexibility index (Phi) is 9.99. The van der Waals surface area contributed by atoms with Crippen LogP contribution in [0.4, 0.5) is 5.69 Å². The molecule has 0 unspecified atom stereocenters. The van der Waals surface area contributed by atoms with Crippen molar-refractivity contribution in [1.82, 2.24) is 0 Å². The maximum atomic E-state index is 13.7. The highest BCUT2D eigenvalue weighted by molar-refractivity contribution is 7.92. The zero-order chi connectivity index (χ0) is 23.6. The van der Waals surface area contributed by atoms with Crippen LogP contribution < -0.4 is 9.04 Å². The van der Waals surface area contributed by atoms with E-state index in [1.165, 1.54) is 36.7 Å². The number of carbonyl (C=O) groups is 1. The van der Waals surface area contributed by atoms with Gasteiger partial charge in [-0.2, -0.15) is 0 Å². The van der Waals surface area contributed by atoms with Crippen molar-refractivity contribution in [1.29, 1.82) is 0 Å². The molecule has 0 aliphatic carbocycles. The molecule has 0 heterocycles. The van der Waals surface area contributed by atoms with Gasteiger partial charge in [0, 0.05) is 12.1 Å². The third-order valence-corrected chi connectivity index (χ3v) is 7.12. The summed E-state index contributed by atoms with van der Waals surface area (Å²) in [6.07, 6.45) is 5.87. The van der Waals surface area contributed by atoms with Crippen molar-refractivity contribution in [2.75, 3.05) is 25.1 Å². The third-order valence-electron chi connectivity index (χ3n) is 5.31. The summed E-state index contributed by atoms with van der Waals surface area (Å²) in [5, 5.41) is 9.93. The van der Waals surface area contributed by atoms with Crippen LogP contribution in [-0.4, -0.2) is 40.3 Å². The van der Waals surface area contributed by atoms with Crippen molar-refractivity contribution in [3.05, 3.63) is 53.6 Å². The first-order valence-electron chi connectivity index (χ1n) is 10.9. The Morgan fingerprint density at radius 2 is 1.62 bits per heavy atom. The van der Waals surface area contributed by atoms with Crippen LogP contribution in [0.3, 0.4) is 0 Å². The molecule has 0 saturated heterocycles. The largest absolute Gasteiger partial charge is 0.497 e. The highest BCUT2D eigenvalue weighted by Crippen LogP contribution is 2.32. The van der Waals surface area contributed by atoms with Gasteiger partial charge in [0.1, 0.15) is 5.75 Å². The van der Waals surface area contributed by atoms with Crippen LogP contribution in [-0.2, 0) is 21.4 Å². The molecule has 0 aliphatic heterocycles. The molecule has 0 saturated carbocycles. The van der Waals surface area contributed by atoms with E-state index in [1.807, 2.05) is 0 Å². The zero-order valence-electron chi connectivity index (χ0n) is 19.0. The Morgan fingerprint density at radius 3 is 2.22 bits per heavy atom. The van der Waals surface area contributed by atoms with Gasteiger partial charge in [-0.05, 0) is 36.8 Å². The molecular formula is C24H33NO6S. The topological polar surface area (TPSA) is 93.1 Å². The molecule has 2 aromatic rings. The van der Waals surface area contributed by atoms with Crippen molar-refractivity contribution in [2.24, 2.45) is 0 Å². The summed E-state index contributed by atoms with van der Waals surface area (Å²) in [5.41, 5.74) is 0.601. The van der Waals surface area contributed by atoms with E-state index in [2.05, 4.69) is 6.92 Å². The number of carbonyl (C=O) groups excluding carboxylic acids is 1. The SMILES string of the molecule is CCCCCCCCN(c1c(CO)cccc1C(=O)OC)S(=O)(=O)c1ccc(OC)cc1. The second-order valence-electron chi connectivity index (χ2n) is 7.48. The molecule has 7 nitrogen and oxygen atoms in total. The van der Waals surface area contributed by atoms with Crippen molar-refractivity contribution < 1.29 is 27.8 Å². The number of anilines is 1. The summed E-state index contributed by atoms with van der Waals surface area (Å²) in [7, 11) is -1.26. The quantitative estimate of drug-likeness (QED) is 0.347. The number of nitrogens with zero attached hydrogens (tertiary/aromatic N) is 1. The molecule has 0 spiro atoms. The molecule has 32 heavy (non-hydrogen) atoms. The minimum absolute atomic E-state index is 0.0767. The van der Waals surface area contributed by atoms with Crippen LogP contribution in [0.15, 0.2) is 47.4 Å². The first-order chi connectivity index (χ1) is 15.4. The van der Waals surface area contributed by atoms with Crippen LogP contribution in [0.2, 0.25) is 0 Å². The van der Waals surface area contributed by atoms with Gasteiger partial charge < -0.3 is 14.6 Å². The maximum Gasteiger partial charge on any atom is 0.340 e. The number of aliphatic hydroxyl groups excluding tert-OH is 1. The Labute approximate surface area is 191 Å². The van der Waals surface area contributed by atoms with E-state index in [-0.39, 0.29) is 22.7 Å². The second-order valence-corrected chi connectivity index (χ2v) is 9.35. The molecule has 2 rings (SSSR count). The fourth-order valence-corrected chi connectivity index (χ4v) is 5.11. The number of rotatable bonds is 13. The third kappa shape index (κ3) is 6.23. The molecule has 176 valence electrons. The summed E-state index contributed by atoms with van der Waals surface area (Å²) in [6, 6.07) is 10.8. The molecule has 0 aromatic heterocycles. The van der Waals surface area contributed by atoms with Gasteiger partial charge in [-0.25, -0.2) is 13.2 Å². The lowest BCUT2D eigenvalue weighted by Gasteiger charge is -2.28. The minimum Gasteiger partial charge on any atom is -0.497 e. The zero-order valence-corrected chi connectivity index (χ0v) is 19.9. The number of unbranched alkanes of at least 4 members (excludes halogenated alkanes) is 5. The molecule has 0 fully saturated rings. The van der Waals surface area contributed by atoms with E-state index in [4.69, 9.17) is 9.47 Å². The fraction of sp³-hybridized carbons (Fsp3) is 0.458. The van der Waals surface area contributed by atoms with E-state index in [9.17, 15) is 18.3 Å². The highest BCUT2D eigenvalue weighted by Gasteiger charge is 2.30. The lowest BCUT2D eigenvalue weighted by Crippen LogP contribution is -2.34. The summed E-state index contributed by atoms with van der Waals surface area (Å²) in [5.74, 6) is -0.120. The normalized spacial score (nSPS) is 11.2. The van der Waals surface area contributed by atoms with Gasteiger partial charge >= 0.3 is 5.97 Å². The molecule has 1 N–H and O–H groups in total. The van der Waals surface area contributed by atoms with Crippen LogP contribution in [0, 0.1) is 0 Å². The molecule has 8 heteroatoms. The molecule has 0 amide bonds. The standard InChI is InChI=1S/C24H33NO6S/c1-4-5-6-7-8-9-17-25(32(28,29)21-15-13-20(30-2)14-16-21)23-19(18-26)11-10-12-22(23)24(27)31-3/h10-16,26H,4-9,17-18H2,1-3H3. The Balaban J connectivity index is 2.50. The number of hydrogen-bond acceptors (Lipinski definition) is 6. The van der Waals surface area contributed by atoms with Gasteiger partial charge in [0.2, 0.25) is 0 Å². The number of para-hydroxylation sites is 1. The minimum atomic E-state index is -4.01. The lowest BCUT2D eigenvalue weighted by atomic mass is 10.1. The Morgan fingerprint density at radius 1 is 0.969 bits per heavy atom. The molecule has 0 radical (unpaired) electrons. The van der Waals surface area contributed by atoms with Crippen molar-refractivity contribution in [3.63, 3.8) is 0 Å². The number of ether oxygens (including phenoxy) is 2. The van der Waals surface area contributed by atoms with Crippen molar-refractivity contribution >= 4 is 21.7 Å². The lowest BCUT2D eigenvalue weighted by molar-refractivity contribution is 0.0601. The van der Waals surface area contributed by atoms with E-state index in [1.54, 1.807) is 24.3 Å². The second kappa shape index (κ2) is 12.5. The molecular weight excluding hydrogens is 430 g/mol. The average molecular weight is 464 g/mol. The summed E-state index contributed by atoms with van der Waals surface area (Å²) in [4.78, 5) is 12.5. The maximum absolute atomic E-state index is 13.7. The van der Waals surface area contributed by atoms with Crippen LogP contribution >= 0.6 is 0 Å². The number of esters is 1. The summed E-state index contributed by atoms with van der Waals surface area (Å²) >= 11 is 0. The van der Waals surface area contributed by atoms with Crippen molar-refractivity contribution in [3.8, 4) is 5.75 Å². The highest BCUT2D eigenvalue weighted by atomic mass is 32.2. The molecule has 0 atom stereocenters. The van der Waals surface area contributed by atoms with Crippen LogP contribution in [0.5, 0.6) is 5.75 Å². The number of hydrogen-bond donors (Lipinski definition) is 1. The first kappa shape index (κ1) is 25.7. The number of benzene rings is 2. The summed E-state index contributed by atoms with van der Waals surface area (Å²) < 4.78 is 38.6. The van der Waals surface area contributed by atoms with E-state index in [0.29, 0.717) is 17.7 Å². The molecule has 0 aliphatic rings. The van der Waals surface area contributed by atoms with E-state index in [0.717, 1.165) is 32.1 Å². The number of aliphatic hydroxyl groups is 1. The smallest absolute Gasteiger partial charge is 0.340 e. The molecule has 2 aromatic carbocycles. The number of sulfonamides is 1. The fourth-order valence-electron chi connectivity index (χ4n) is 3.55. The predicted octanol–water partition coefficient (Wildman–Crippen LogP) is 4.53. The number of methoxy groups -OCH3 is 2. The van der Waals surface area contributed by atoms with Gasteiger partial charge in [0.15, 0.2) is 0 Å².